The number of carbonyl (C=O) groups excluding carboxylic acids is 1. The largest absolute Gasteiger partial charge is 0.369 e. The van der Waals surface area contributed by atoms with Crippen molar-refractivity contribution in [1.29, 1.82) is 0 Å². The fourth-order valence-corrected chi connectivity index (χ4v) is 7.49. The number of pyridine rings is 1. The molecule has 2 aromatic heterocycles. The molecule has 2 saturated heterocycles. The summed E-state index contributed by atoms with van der Waals surface area (Å²) in [5.41, 5.74) is 1.35. The highest BCUT2D eigenvalue weighted by molar-refractivity contribution is 7.90. The van der Waals surface area contributed by atoms with Crippen LogP contribution in [0.3, 0.4) is 0 Å². The highest BCUT2D eigenvalue weighted by Crippen LogP contribution is 2.31. The molecule has 2 aliphatic heterocycles. The third-order valence-electron chi connectivity index (χ3n) is 8.82. The highest BCUT2D eigenvalue weighted by atomic mass is 32.2. The van der Waals surface area contributed by atoms with E-state index in [4.69, 9.17) is 9.47 Å². The molecule has 0 amide bonds. The van der Waals surface area contributed by atoms with E-state index in [9.17, 15) is 22.0 Å². The third-order valence-corrected chi connectivity index (χ3v) is 10.3. The van der Waals surface area contributed by atoms with E-state index >= 15 is 4.39 Å². The zero-order chi connectivity index (χ0) is 34.7. The molecule has 0 saturated carbocycles. The first-order chi connectivity index (χ1) is 23.6. The number of nitrogens with zero attached hydrogens (tertiary/aromatic N) is 4. The van der Waals surface area contributed by atoms with Crippen molar-refractivity contribution in [1.82, 2.24) is 19.2 Å². The molecular weight excluding hydrogens is 661 g/mol. The van der Waals surface area contributed by atoms with Crippen LogP contribution in [0.2, 0.25) is 0 Å². The Bertz CT molecular complexity index is 1890. The number of halogens is 3. The quantitative estimate of drug-likeness (QED) is 0.149. The molecule has 0 bridgehead atoms. The number of H-pyrrole nitrogens is 1. The van der Waals surface area contributed by atoms with E-state index in [0.29, 0.717) is 29.8 Å². The number of benzene rings is 2. The molecule has 49 heavy (non-hydrogen) atoms. The summed E-state index contributed by atoms with van der Waals surface area (Å²) < 4.78 is 83.9. The molecule has 1 unspecified atom stereocenters. The number of hydrogen-bond donors (Lipinski definition) is 2. The fraction of sp³-hybridized carbons (Fsp3) is 0.412. The smallest absolute Gasteiger partial charge is 0.301 e. The second-order valence-corrected chi connectivity index (χ2v) is 13.6. The number of ketones is 1. The number of aromatic amines is 1. The molecule has 0 aliphatic carbocycles. The number of carbonyl (C=O) groups is 1. The van der Waals surface area contributed by atoms with E-state index in [2.05, 4.69) is 19.8 Å². The predicted octanol–water partition coefficient (Wildman–Crippen LogP) is 4.96. The second kappa shape index (κ2) is 14.8. The zero-order valence-corrected chi connectivity index (χ0v) is 28.1. The van der Waals surface area contributed by atoms with Crippen molar-refractivity contribution in [3.63, 3.8) is 0 Å². The molecule has 0 radical (unpaired) electrons. The van der Waals surface area contributed by atoms with Crippen LogP contribution in [0.1, 0.15) is 36.2 Å². The molecule has 262 valence electrons. The van der Waals surface area contributed by atoms with Crippen molar-refractivity contribution in [3.05, 3.63) is 77.6 Å². The molecule has 4 aromatic rings. The first-order valence-corrected chi connectivity index (χ1v) is 17.7. The van der Waals surface area contributed by atoms with Gasteiger partial charge in [-0.2, -0.15) is 12.7 Å². The summed E-state index contributed by atoms with van der Waals surface area (Å²) in [6.45, 7) is 8.81. The predicted molar refractivity (Wildman–Crippen MR) is 181 cm³/mol. The molecule has 1 atom stereocenters. The minimum atomic E-state index is -4.33. The number of piperazine rings is 1. The summed E-state index contributed by atoms with van der Waals surface area (Å²) in [7, 11) is -4.33. The van der Waals surface area contributed by atoms with Gasteiger partial charge in [0.15, 0.2) is 12.1 Å². The van der Waals surface area contributed by atoms with Gasteiger partial charge >= 0.3 is 10.2 Å². The van der Waals surface area contributed by atoms with Gasteiger partial charge in [0.2, 0.25) is 5.78 Å². The lowest BCUT2D eigenvalue weighted by Gasteiger charge is -2.37. The molecule has 6 rings (SSSR count). The van der Waals surface area contributed by atoms with Gasteiger partial charge in [-0.25, -0.2) is 18.2 Å². The Kier molecular flexibility index (Phi) is 10.6. The number of alkyl halides is 1. The molecule has 15 heteroatoms. The number of anilines is 2. The maximum Gasteiger partial charge on any atom is 0.301 e. The maximum atomic E-state index is 15.6. The average molecular weight is 701 g/mol. The van der Waals surface area contributed by atoms with Gasteiger partial charge in [-0.3, -0.25) is 14.4 Å². The Morgan fingerprint density at radius 2 is 1.73 bits per heavy atom. The number of ether oxygens (including phenoxy) is 2. The van der Waals surface area contributed by atoms with Crippen molar-refractivity contribution in [2.24, 2.45) is 0 Å². The Labute approximate surface area is 283 Å². The van der Waals surface area contributed by atoms with Crippen molar-refractivity contribution in [2.75, 3.05) is 68.6 Å². The molecular formula is C34H39F3N6O5S. The van der Waals surface area contributed by atoms with Crippen LogP contribution < -0.4 is 9.62 Å². The first-order valence-electron chi connectivity index (χ1n) is 16.3. The van der Waals surface area contributed by atoms with E-state index < -0.39 is 45.0 Å². The number of nitrogens with one attached hydrogen (secondary N) is 2. The highest BCUT2D eigenvalue weighted by Gasteiger charge is 2.33. The maximum absolute atomic E-state index is 15.6. The third kappa shape index (κ3) is 7.60. The van der Waals surface area contributed by atoms with Gasteiger partial charge in [0.05, 0.1) is 11.3 Å². The van der Waals surface area contributed by atoms with Gasteiger partial charge in [-0.15, -0.1) is 0 Å². The minimum Gasteiger partial charge on any atom is -0.369 e. The molecule has 2 aliphatic rings. The number of fused-ring (bicyclic) bond motifs is 1. The topological polar surface area (TPSA) is 120 Å². The lowest BCUT2D eigenvalue weighted by molar-refractivity contribution is -0.147. The molecule has 2 fully saturated rings. The van der Waals surface area contributed by atoms with Crippen LogP contribution in [0.4, 0.5) is 24.5 Å². The van der Waals surface area contributed by atoms with Gasteiger partial charge in [0.25, 0.3) is 0 Å². The number of aromatic nitrogens is 2. The van der Waals surface area contributed by atoms with Crippen LogP contribution in [0.15, 0.2) is 54.9 Å². The summed E-state index contributed by atoms with van der Waals surface area (Å²) in [6.07, 6.45) is 1.40. The van der Waals surface area contributed by atoms with Crippen LogP contribution in [0.5, 0.6) is 0 Å². The van der Waals surface area contributed by atoms with E-state index in [1.807, 2.05) is 42.8 Å². The van der Waals surface area contributed by atoms with Gasteiger partial charge in [0.1, 0.15) is 17.6 Å². The van der Waals surface area contributed by atoms with Crippen LogP contribution in [-0.2, 0) is 19.7 Å². The Morgan fingerprint density at radius 3 is 2.39 bits per heavy atom. The summed E-state index contributed by atoms with van der Waals surface area (Å²) in [5, 5.41) is 0.343. The van der Waals surface area contributed by atoms with Crippen molar-refractivity contribution in [2.45, 2.75) is 32.7 Å². The van der Waals surface area contributed by atoms with Crippen LogP contribution in [0, 0.1) is 11.6 Å². The second-order valence-electron chi connectivity index (χ2n) is 12.0. The zero-order valence-electron chi connectivity index (χ0n) is 27.3. The van der Waals surface area contributed by atoms with Crippen molar-refractivity contribution >= 4 is 38.4 Å². The first kappa shape index (κ1) is 34.8. The van der Waals surface area contributed by atoms with E-state index in [1.54, 1.807) is 12.3 Å². The Balaban J connectivity index is 1.18. The van der Waals surface area contributed by atoms with Crippen LogP contribution in [0.25, 0.3) is 22.2 Å². The monoisotopic (exact) mass is 700 g/mol. The summed E-state index contributed by atoms with van der Waals surface area (Å²) in [4.78, 5) is 25.5. The Hall–Kier alpha value is -4.02. The minimum absolute atomic E-state index is 0.0143. The van der Waals surface area contributed by atoms with Crippen molar-refractivity contribution in [3.8, 4) is 11.1 Å². The fourth-order valence-electron chi connectivity index (χ4n) is 6.22. The molecule has 11 nitrogen and oxygen atoms in total. The normalized spacial score (nSPS) is 17.8. The van der Waals surface area contributed by atoms with Crippen molar-refractivity contribution < 1.29 is 35.9 Å². The summed E-state index contributed by atoms with van der Waals surface area (Å²) in [6, 6.07) is 11.4. The molecule has 2 N–H and O–H groups in total. The number of hydrogen-bond acceptors (Lipinski definition) is 8. The van der Waals surface area contributed by atoms with E-state index in [-0.39, 0.29) is 31.4 Å². The van der Waals surface area contributed by atoms with Gasteiger partial charge in [-0.1, -0.05) is 12.1 Å². The lowest BCUT2D eigenvalue weighted by Crippen LogP contribution is -2.49. The Morgan fingerprint density at radius 1 is 1.02 bits per heavy atom. The summed E-state index contributed by atoms with van der Waals surface area (Å²) in [5.74, 6) is -3.52. The van der Waals surface area contributed by atoms with Crippen LogP contribution in [-0.4, -0.2) is 105 Å². The molecule has 4 heterocycles. The summed E-state index contributed by atoms with van der Waals surface area (Å²) >= 11 is 0. The van der Waals surface area contributed by atoms with E-state index in [1.165, 1.54) is 6.20 Å². The molecule has 2 aromatic carbocycles. The lowest BCUT2D eigenvalue weighted by atomic mass is 9.99. The SMILES string of the molecule is CCOC(CN1CCN(c2ccc(-c3cnc4[nH]cc(C(=O)c5c(F)ccc(NS(=O)(=O)N6CCC(F)C6)c5F)c4c3)cc2)CC1)OCC. The molecule has 0 spiro atoms. The standard InChI is InChI=1S/C34H39F3N6O5S/c1-3-47-30(48-4-2)21-41-13-15-42(16-14-41)25-7-5-22(6-8-25)23-17-26-27(19-39-34(26)38-18-23)33(44)31-28(36)9-10-29(32(31)37)40-49(45,46)43-12-11-24(35)20-43/h5-10,17-19,24,30,40H,3-4,11-16,20-21H2,1-2H3,(H,38,39). The van der Waals surface area contributed by atoms with E-state index in [0.717, 1.165) is 60.4 Å². The average Bonchev–Trinajstić information content (AvgIpc) is 3.73. The van der Waals surface area contributed by atoms with Gasteiger partial charge < -0.3 is 19.4 Å². The number of rotatable bonds is 13. The van der Waals surface area contributed by atoms with Gasteiger partial charge in [0, 0.05) is 93.6 Å². The van der Waals surface area contributed by atoms with Gasteiger partial charge in [-0.05, 0) is 56.2 Å². The van der Waals surface area contributed by atoms with Crippen LogP contribution >= 0.6 is 0 Å².